The van der Waals surface area contributed by atoms with Gasteiger partial charge in [-0.2, -0.15) is 13.2 Å². The van der Waals surface area contributed by atoms with Gasteiger partial charge in [-0.1, -0.05) is 49.6 Å². The monoisotopic (exact) mass is 560 g/mol. The van der Waals surface area contributed by atoms with Crippen LogP contribution in [0.25, 0.3) is 16.6 Å². The number of likely N-dealkylation sites (tertiary alicyclic amines) is 1. The van der Waals surface area contributed by atoms with Gasteiger partial charge in [-0.3, -0.25) is 9.88 Å². The number of hydrogen-bond donors (Lipinski definition) is 0. The summed E-state index contributed by atoms with van der Waals surface area (Å²) in [6.07, 6.45) is 8.72. The second-order valence-corrected chi connectivity index (χ2v) is 11.9. The van der Waals surface area contributed by atoms with Crippen molar-refractivity contribution < 1.29 is 13.2 Å². The van der Waals surface area contributed by atoms with Gasteiger partial charge in [0.15, 0.2) is 0 Å². The van der Waals surface area contributed by atoms with Crippen molar-refractivity contribution in [3.05, 3.63) is 95.9 Å². The van der Waals surface area contributed by atoms with Crippen molar-refractivity contribution >= 4 is 10.9 Å². The summed E-state index contributed by atoms with van der Waals surface area (Å²) in [4.78, 5) is 9.88. The van der Waals surface area contributed by atoms with Crippen LogP contribution in [0.5, 0.6) is 0 Å². The summed E-state index contributed by atoms with van der Waals surface area (Å²) in [7, 11) is 0. The molecule has 1 atom stereocenters. The Balaban J connectivity index is 1.28. The molecular formula is C34H39F3N4. The molecule has 4 aromatic rings. The number of rotatable bonds is 8. The molecule has 1 saturated carbocycles. The number of piperidine rings is 1. The molecule has 2 aliphatic rings. The molecule has 2 aromatic carbocycles. The second-order valence-electron chi connectivity index (χ2n) is 11.9. The summed E-state index contributed by atoms with van der Waals surface area (Å²) < 4.78 is 42.5. The largest absolute Gasteiger partial charge is 0.416 e. The number of benzene rings is 2. The highest BCUT2D eigenvalue weighted by molar-refractivity contribution is 5.85. The molecule has 2 aromatic heterocycles. The molecule has 41 heavy (non-hydrogen) atoms. The third kappa shape index (κ3) is 6.68. The lowest BCUT2D eigenvalue weighted by molar-refractivity contribution is -0.137. The van der Waals surface area contributed by atoms with Crippen LogP contribution in [0.1, 0.15) is 61.8 Å². The Morgan fingerprint density at radius 1 is 0.854 bits per heavy atom. The van der Waals surface area contributed by atoms with Crippen molar-refractivity contribution in [3.63, 3.8) is 0 Å². The van der Waals surface area contributed by atoms with Crippen LogP contribution < -0.4 is 0 Å². The lowest BCUT2D eigenvalue weighted by Gasteiger charge is -2.41. The zero-order valence-electron chi connectivity index (χ0n) is 23.6. The smallest absolute Gasteiger partial charge is 0.316 e. The molecule has 0 radical (unpaired) electrons. The first kappa shape index (κ1) is 28.0. The number of pyridine rings is 1. The number of alkyl halides is 3. The minimum Gasteiger partial charge on any atom is -0.316 e. The molecule has 1 aliphatic heterocycles. The molecule has 0 amide bonds. The van der Waals surface area contributed by atoms with Gasteiger partial charge in [-0.25, -0.2) is 0 Å². The van der Waals surface area contributed by atoms with Crippen molar-refractivity contribution in [2.45, 2.75) is 70.3 Å². The summed E-state index contributed by atoms with van der Waals surface area (Å²) in [6, 6.07) is 20.4. The molecule has 6 rings (SSSR count). The number of halogens is 3. The van der Waals surface area contributed by atoms with Crippen molar-refractivity contribution in [2.24, 2.45) is 5.92 Å². The Bertz CT molecular complexity index is 1420. The lowest BCUT2D eigenvalue weighted by atomic mass is 9.90. The molecule has 3 heterocycles. The lowest BCUT2D eigenvalue weighted by Crippen LogP contribution is -2.46. The van der Waals surface area contributed by atoms with Crippen LogP contribution in [0.4, 0.5) is 13.2 Å². The normalized spacial score (nSPS) is 19.3. The Labute approximate surface area is 240 Å². The molecule has 7 heteroatoms. The quantitative estimate of drug-likeness (QED) is 0.218. The number of nitrogens with zero attached hydrogens (tertiary/aromatic N) is 4. The van der Waals surface area contributed by atoms with Crippen LogP contribution in [-0.2, 0) is 19.3 Å². The molecule has 0 bridgehead atoms. The first-order valence-electron chi connectivity index (χ1n) is 15.1. The van der Waals surface area contributed by atoms with Gasteiger partial charge < -0.3 is 9.47 Å². The molecule has 4 nitrogen and oxygen atoms in total. The van der Waals surface area contributed by atoms with E-state index in [4.69, 9.17) is 0 Å². The minimum atomic E-state index is -4.38. The fraction of sp³-hybridized carbons (Fsp3) is 0.441. The molecule has 1 saturated heterocycles. The third-order valence-electron chi connectivity index (χ3n) is 8.91. The Morgan fingerprint density at radius 2 is 1.68 bits per heavy atom. The first-order valence-corrected chi connectivity index (χ1v) is 15.1. The Kier molecular flexibility index (Phi) is 8.45. The van der Waals surface area contributed by atoms with Crippen molar-refractivity contribution in [1.29, 1.82) is 0 Å². The predicted molar refractivity (Wildman–Crippen MR) is 158 cm³/mol. The van der Waals surface area contributed by atoms with E-state index in [1.165, 1.54) is 63.6 Å². The SMILES string of the molecule is FC(F)(F)c1cccc(-n2cc(CN(Cc3ccccn3)CC3CCCN(C4CCCCC4)C3)c3ccccc32)c1. The van der Waals surface area contributed by atoms with Gasteiger partial charge in [-0.15, -0.1) is 0 Å². The summed E-state index contributed by atoms with van der Waals surface area (Å²) in [6.45, 7) is 4.79. The molecule has 216 valence electrons. The van der Waals surface area contributed by atoms with Crippen molar-refractivity contribution in [3.8, 4) is 5.69 Å². The highest BCUT2D eigenvalue weighted by Crippen LogP contribution is 2.33. The topological polar surface area (TPSA) is 24.3 Å². The van der Waals surface area contributed by atoms with E-state index in [1.807, 2.05) is 47.3 Å². The number of aromatic nitrogens is 2. The molecule has 1 unspecified atom stereocenters. The van der Waals surface area contributed by atoms with Crippen LogP contribution in [0, 0.1) is 5.92 Å². The fourth-order valence-corrected chi connectivity index (χ4v) is 6.96. The third-order valence-corrected chi connectivity index (χ3v) is 8.91. The van der Waals surface area contributed by atoms with Crippen LogP contribution >= 0.6 is 0 Å². The van der Waals surface area contributed by atoms with Crippen LogP contribution in [-0.4, -0.2) is 45.0 Å². The zero-order chi connectivity index (χ0) is 28.2. The average Bonchev–Trinajstić information content (AvgIpc) is 3.36. The van der Waals surface area contributed by atoms with E-state index in [0.29, 0.717) is 18.2 Å². The summed E-state index contributed by atoms with van der Waals surface area (Å²) in [5.74, 6) is 0.589. The van der Waals surface area contributed by atoms with Gasteiger partial charge >= 0.3 is 6.18 Å². The standard InChI is InChI=1S/C34H39F3N4/c35-34(36,37)28-11-8-15-31(20-28)41-24-27(32-16-4-5-17-33(32)41)23-39(25-29-12-6-7-18-38-29)21-26-10-9-19-40(22-26)30-13-2-1-3-14-30/h4-8,11-12,15-18,20,24,26,30H,1-3,9-10,13-14,19,21-23,25H2. The summed E-state index contributed by atoms with van der Waals surface area (Å²) in [5, 5.41) is 1.07. The summed E-state index contributed by atoms with van der Waals surface area (Å²) in [5.41, 5.74) is 2.96. The van der Waals surface area contributed by atoms with Crippen molar-refractivity contribution in [1.82, 2.24) is 19.4 Å². The minimum absolute atomic E-state index is 0.522. The maximum atomic E-state index is 13.5. The predicted octanol–water partition coefficient (Wildman–Crippen LogP) is 8.09. The Morgan fingerprint density at radius 3 is 2.49 bits per heavy atom. The summed E-state index contributed by atoms with van der Waals surface area (Å²) >= 11 is 0. The van der Waals surface area contributed by atoms with Crippen LogP contribution in [0.3, 0.4) is 0 Å². The second kappa shape index (κ2) is 12.4. The van der Waals surface area contributed by atoms with Crippen molar-refractivity contribution in [2.75, 3.05) is 19.6 Å². The zero-order valence-corrected chi connectivity index (χ0v) is 23.6. The molecular weight excluding hydrogens is 521 g/mol. The maximum Gasteiger partial charge on any atom is 0.416 e. The Hall–Kier alpha value is -3.16. The van der Waals surface area contributed by atoms with Gasteiger partial charge in [-0.05, 0) is 80.1 Å². The number of para-hydroxylation sites is 1. The van der Waals surface area contributed by atoms with E-state index in [2.05, 4.69) is 26.9 Å². The number of fused-ring (bicyclic) bond motifs is 1. The molecule has 1 aliphatic carbocycles. The van der Waals surface area contributed by atoms with E-state index >= 15 is 0 Å². The maximum absolute atomic E-state index is 13.5. The molecule has 0 spiro atoms. The van der Waals surface area contributed by atoms with Gasteiger partial charge in [0.2, 0.25) is 0 Å². The molecule has 0 N–H and O–H groups in total. The van der Waals surface area contributed by atoms with Crippen LogP contribution in [0.2, 0.25) is 0 Å². The van der Waals surface area contributed by atoms with E-state index in [-0.39, 0.29) is 0 Å². The van der Waals surface area contributed by atoms with E-state index in [9.17, 15) is 13.2 Å². The van der Waals surface area contributed by atoms with Gasteiger partial charge in [0, 0.05) is 55.7 Å². The van der Waals surface area contributed by atoms with Gasteiger partial charge in [0.05, 0.1) is 16.8 Å². The van der Waals surface area contributed by atoms with E-state index in [0.717, 1.165) is 53.9 Å². The average molecular weight is 561 g/mol. The fourth-order valence-electron chi connectivity index (χ4n) is 6.96. The highest BCUT2D eigenvalue weighted by Gasteiger charge is 2.31. The molecule has 2 fully saturated rings. The first-order chi connectivity index (χ1) is 19.9. The number of hydrogen-bond acceptors (Lipinski definition) is 3. The van der Waals surface area contributed by atoms with Gasteiger partial charge in [0.1, 0.15) is 0 Å². The van der Waals surface area contributed by atoms with Gasteiger partial charge in [0.25, 0.3) is 0 Å². The highest BCUT2D eigenvalue weighted by atomic mass is 19.4. The van der Waals surface area contributed by atoms with E-state index in [1.54, 1.807) is 6.07 Å². The van der Waals surface area contributed by atoms with Crippen LogP contribution in [0.15, 0.2) is 79.1 Å². The van der Waals surface area contributed by atoms with E-state index < -0.39 is 11.7 Å².